The van der Waals surface area contributed by atoms with Crippen molar-refractivity contribution >= 4 is 5.82 Å². The van der Waals surface area contributed by atoms with E-state index in [4.69, 9.17) is 9.47 Å². The Hall–Kier alpha value is -2.23. The molecule has 0 fully saturated rings. The fourth-order valence-electron chi connectivity index (χ4n) is 1.90. The lowest BCUT2D eigenvalue weighted by atomic mass is 10.2. The van der Waals surface area contributed by atoms with Crippen LogP contribution in [0.4, 0.5) is 5.82 Å². The first-order valence-electron chi connectivity index (χ1n) is 7.30. The van der Waals surface area contributed by atoms with Crippen LogP contribution in [0.15, 0.2) is 42.6 Å². The summed E-state index contributed by atoms with van der Waals surface area (Å²) in [5, 5.41) is 3.25. The van der Waals surface area contributed by atoms with Crippen LogP contribution < -0.4 is 14.8 Å². The quantitative estimate of drug-likeness (QED) is 0.752. The van der Waals surface area contributed by atoms with Crippen molar-refractivity contribution in [3.63, 3.8) is 0 Å². The number of ether oxygens (including phenoxy) is 2. The predicted octanol–water partition coefficient (Wildman–Crippen LogP) is 3.67. The zero-order valence-electron chi connectivity index (χ0n) is 12.6. The van der Waals surface area contributed by atoms with Gasteiger partial charge in [0, 0.05) is 6.20 Å². The fraction of sp³-hybridized carbons (Fsp3) is 0.353. The summed E-state index contributed by atoms with van der Waals surface area (Å²) in [5.74, 6) is 2.44. The second kappa shape index (κ2) is 8.15. The predicted molar refractivity (Wildman–Crippen MR) is 85.2 cm³/mol. The van der Waals surface area contributed by atoms with Crippen molar-refractivity contribution in [1.29, 1.82) is 0 Å². The van der Waals surface area contributed by atoms with E-state index in [-0.39, 0.29) is 0 Å². The lowest BCUT2D eigenvalue weighted by Crippen LogP contribution is -2.13. The zero-order chi connectivity index (χ0) is 14.9. The maximum Gasteiger partial charge on any atom is 0.168 e. The molecule has 2 aromatic rings. The molecule has 0 aliphatic carbocycles. The van der Waals surface area contributed by atoms with Crippen molar-refractivity contribution in [2.45, 2.75) is 20.3 Å². The summed E-state index contributed by atoms with van der Waals surface area (Å²) in [7, 11) is 0. The summed E-state index contributed by atoms with van der Waals surface area (Å²) in [6.07, 6.45) is 2.73. The van der Waals surface area contributed by atoms with Gasteiger partial charge >= 0.3 is 0 Å². The topological polar surface area (TPSA) is 43.4 Å². The molecule has 0 bridgehead atoms. The standard InChI is InChI=1S/C17H22N2O2/c1-3-11-21-16-8-5-9-18-17(16)19-10-12-20-15-7-4-6-14(2)13-15/h4-9,13H,3,10-12H2,1-2H3,(H,18,19). The van der Waals surface area contributed by atoms with Gasteiger partial charge in [0.2, 0.25) is 0 Å². The highest BCUT2D eigenvalue weighted by atomic mass is 16.5. The lowest BCUT2D eigenvalue weighted by molar-refractivity contribution is 0.316. The molecule has 1 aromatic heterocycles. The highest BCUT2D eigenvalue weighted by Gasteiger charge is 2.03. The van der Waals surface area contributed by atoms with E-state index in [1.807, 2.05) is 30.3 Å². The Balaban J connectivity index is 1.80. The summed E-state index contributed by atoms with van der Waals surface area (Å²) in [6, 6.07) is 11.8. The molecule has 1 heterocycles. The molecule has 0 amide bonds. The number of anilines is 1. The van der Waals surface area contributed by atoms with Crippen LogP contribution in [0.25, 0.3) is 0 Å². The van der Waals surface area contributed by atoms with Gasteiger partial charge in [0.05, 0.1) is 13.2 Å². The monoisotopic (exact) mass is 286 g/mol. The molecular formula is C17H22N2O2. The van der Waals surface area contributed by atoms with Crippen LogP contribution in [0.1, 0.15) is 18.9 Å². The Kier molecular flexibility index (Phi) is 5.88. The smallest absolute Gasteiger partial charge is 0.168 e. The van der Waals surface area contributed by atoms with Crippen LogP contribution in [0.5, 0.6) is 11.5 Å². The van der Waals surface area contributed by atoms with Crippen LogP contribution in [0.2, 0.25) is 0 Å². The number of benzene rings is 1. The highest BCUT2D eigenvalue weighted by Crippen LogP contribution is 2.20. The van der Waals surface area contributed by atoms with Gasteiger partial charge in [-0.05, 0) is 43.2 Å². The summed E-state index contributed by atoms with van der Waals surface area (Å²) >= 11 is 0. The normalized spacial score (nSPS) is 10.2. The lowest BCUT2D eigenvalue weighted by Gasteiger charge is -2.12. The molecule has 4 heteroatoms. The molecule has 0 spiro atoms. The zero-order valence-corrected chi connectivity index (χ0v) is 12.6. The first kappa shape index (κ1) is 15.2. The summed E-state index contributed by atoms with van der Waals surface area (Å²) in [6.45, 7) is 6.08. The Labute approximate surface area is 126 Å². The first-order chi connectivity index (χ1) is 10.3. The molecule has 21 heavy (non-hydrogen) atoms. The van der Waals surface area contributed by atoms with E-state index >= 15 is 0 Å². The maximum absolute atomic E-state index is 5.70. The summed E-state index contributed by atoms with van der Waals surface area (Å²) in [4.78, 5) is 4.30. The Morgan fingerprint density at radius 2 is 2.00 bits per heavy atom. The van der Waals surface area contributed by atoms with Crippen molar-refractivity contribution in [2.24, 2.45) is 0 Å². The maximum atomic E-state index is 5.70. The van der Waals surface area contributed by atoms with Crippen LogP contribution in [-0.2, 0) is 0 Å². The summed E-state index contributed by atoms with van der Waals surface area (Å²) < 4.78 is 11.4. The SMILES string of the molecule is CCCOc1cccnc1NCCOc1cccc(C)c1. The van der Waals surface area contributed by atoms with Crippen LogP contribution in [0.3, 0.4) is 0 Å². The number of pyridine rings is 1. The van der Waals surface area contributed by atoms with E-state index in [1.165, 1.54) is 5.56 Å². The van der Waals surface area contributed by atoms with E-state index < -0.39 is 0 Å². The second-order valence-electron chi connectivity index (χ2n) is 4.79. The Morgan fingerprint density at radius 1 is 1.10 bits per heavy atom. The minimum absolute atomic E-state index is 0.577. The van der Waals surface area contributed by atoms with Gasteiger partial charge in [0.25, 0.3) is 0 Å². The van der Waals surface area contributed by atoms with Gasteiger partial charge in [-0.1, -0.05) is 19.1 Å². The van der Waals surface area contributed by atoms with Crippen molar-refractivity contribution in [2.75, 3.05) is 25.1 Å². The molecule has 0 aliphatic rings. The number of nitrogens with zero attached hydrogens (tertiary/aromatic N) is 1. The van der Waals surface area contributed by atoms with Crippen LogP contribution >= 0.6 is 0 Å². The average Bonchev–Trinajstić information content (AvgIpc) is 2.50. The van der Waals surface area contributed by atoms with Gasteiger partial charge in [-0.2, -0.15) is 0 Å². The molecule has 112 valence electrons. The second-order valence-corrected chi connectivity index (χ2v) is 4.79. The fourth-order valence-corrected chi connectivity index (χ4v) is 1.90. The van der Waals surface area contributed by atoms with Crippen LogP contribution in [0, 0.1) is 6.92 Å². The molecule has 0 radical (unpaired) electrons. The molecular weight excluding hydrogens is 264 g/mol. The number of rotatable bonds is 8. The van der Waals surface area contributed by atoms with E-state index in [9.17, 15) is 0 Å². The number of nitrogens with one attached hydrogen (secondary N) is 1. The minimum atomic E-state index is 0.577. The number of aryl methyl sites for hydroxylation is 1. The Morgan fingerprint density at radius 3 is 2.81 bits per heavy atom. The third kappa shape index (κ3) is 4.99. The molecule has 1 aromatic carbocycles. The van der Waals surface area contributed by atoms with Gasteiger partial charge in [0.15, 0.2) is 11.6 Å². The highest BCUT2D eigenvalue weighted by molar-refractivity contribution is 5.49. The third-order valence-corrected chi connectivity index (χ3v) is 2.89. The van der Waals surface area contributed by atoms with Crippen molar-refractivity contribution in [3.05, 3.63) is 48.2 Å². The van der Waals surface area contributed by atoms with E-state index in [0.29, 0.717) is 19.8 Å². The Bertz CT molecular complexity index is 558. The first-order valence-corrected chi connectivity index (χ1v) is 7.30. The van der Waals surface area contributed by atoms with Gasteiger partial charge in [-0.3, -0.25) is 0 Å². The van der Waals surface area contributed by atoms with Gasteiger partial charge in [0.1, 0.15) is 12.4 Å². The molecule has 4 nitrogen and oxygen atoms in total. The van der Waals surface area contributed by atoms with Gasteiger partial charge < -0.3 is 14.8 Å². The van der Waals surface area contributed by atoms with Crippen molar-refractivity contribution in [1.82, 2.24) is 4.98 Å². The molecule has 0 atom stereocenters. The molecule has 2 rings (SSSR count). The summed E-state index contributed by atoms with van der Waals surface area (Å²) in [5.41, 5.74) is 1.19. The largest absolute Gasteiger partial charge is 0.492 e. The molecule has 1 N–H and O–H groups in total. The number of hydrogen-bond acceptors (Lipinski definition) is 4. The molecule has 0 saturated carbocycles. The van der Waals surface area contributed by atoms with E-state index in [0.717, 1.165) is 23.7 Å². The number of aromatic nitrogens is 1. The van der Waals surface area contributed by atoms with Crippen molar-refractivity contribution in [3.8, 4) is 11.5 Å². The van der Waals surface area contributed by atoms with E-state index in [2.05, 4.69) is 30.2 Å². The number of hydrogen-bond donors (Lipinski definition) is 1. The molecule has 0 unspecified atom stereocenters. The van der Waals surface area contributed by atoms with Gasteiger partial charge in [-0.15, -0.1) is 0 Å². The van der Waals surface area contributed by atoms with Gasteiger partial charge in [-0.25, -0.2) is 4.98 Å². The van der Waals surface area contributed by atoms with Crippen LogP contribution in [-0.4, -0.2) is 24.7 Å². The third-order valence-electron chi connectivity index (χ3n) is 2.89. The average molecular weight is 286 g/mol. The molecule has 0 saturated heterocycles. The molecule has 0 aliphatic heterocycles. The van der Waals surface area contributed by atoms with Crippen molar-refractivity contribution < 1.29 is 9.47 Å². The van der Waals surface area contributed by atoms with E-state index in [1.54, 1.807) is 6.20 Å². The minimum Gasteiger partial charge on any atom is -0.492 e.